The minimum Gasteiger partial charge on any atom is -0.507 e. The van der Waals surface area contributed by atoms with Gasteiger partial charge >= 0.3 is 11.9 Å². The normalized spacial score (nSPS) is 18.0. The van der Waals surface area contributed by atoms with Gasteiger partial charge in [-0.2, -0.15) is 0 Å². The number of Topliss-reactive ketones (excluding diaryl/α,β-unsaturated/α-hetero) is 1. The first-order chi connectivity index (χ1) is 18.3. The van der Waals surface area contributed by atoms with Gasteiger partial charge in [0.05, 0.1) is 31.0 Å². The molecule has 1 saturated heterocycles. The van der Waals surface area contributed by atoms with Crippen LogP contribution in [-0.4, -0.2) is 54.7 Å². The molecule has 1 N–H and O–H groups in total. The summed E-state index contributed by atoms with van der Waals surface area (Å²) in [5, 5.41) is 11.5. The summed E-state index contributed by atoms with van der Waals surface area (Å²) in [7, 11) is 1.25. The number of aryl methyl sites for hydroxylation is 1. The van der Waals surface area contributed by atoms with Crippen LogP contribution in [0.15, 0.2) is 48.0 Å². The average Bonchev–Trinajstić information content (AvgIpc) is 3.44. The molecule has 2 aliphatic heterocycles. The van der Waals surface area contributed by atoms with E-state index in [0.29, 0.717) is 48.3 Å². The molecule has 3 heterocycles. The van der Waals surface area contributed by atoms with Gasteiger partial charge in [0.2, 0.25) is 0 Å². The highest BCUT2D eigenvalue weighted by Gasteiger charge is 2.48. The third kappa shape index (κ3) is 4.34. The molecule has 0 bridgehead atoms. The molecule has 2 aromatic carbocycles. The van der Waals surface area contributed by atoms with E-state index in [1.807, 2.05) is 6.92 Å². The maximum Gasteiger partial charge on any atom is 0.350 e. The average molecular weight is 537 g/mol. The van der Waals surface area contributed by atoms with Gasteiger partial charge in [-0.3, -0.25) is 14.5 Å². The van der Waals surface area contributed by atoms with Gasteiger partial charge in [0.15, 0.2) is 16.6 Å². The maximum absolute atomic E-state index is 13.5. The summed E-state index contributed by atoms with van der Waals surface area (Å²) in [6.45, 7) is 4.61. The fourth-order valence-corrected chi connectivity index (χ4v) is 5.41. The zero-order chi connectivity index (χ0) is 27.0. The van der Waals surface area contributed by atoms with Crippen LogP contribution in [0.1, 0.15) is 39.5 Å². The predicted molar refractivity (Wildman–Crippen MR) is 138 cm³/mol. The van der Waals surface area contributed by atoms with Gasteiger partial charge in [-0.15, -0.1) is 0 Å². The number of thiazole rings is 1. The number of aromatic nitrogens is 1. The molecule has 3 aromatic rings. The molecule has 0 aliphatic carbocycles. The van der Waals surface area contributed by atoms with Crippen LogP contribution >= 0.6 is 11.3 Å². The van der Waals surface area contributed by atoms with Crippen LogP contribution in [0.2, 0.25) is 0 Å². The smallest absolute Gasteiger partial charge is 0.350 e. The molecule has 2 aliphatic rings. The standard InChI is InChI=1S/C27H24N2O8S/c1-4-35-17-7-5-6-15(12-17)21-20(22(30)16-8-9-18-19(13-16)37-11-10-36-18)23(31)25(32)29(21)27-28-14(2)24(38-27)26(33)34-3/h5-9,12-13,21,30H,4,10-11H2,1-3H3. The Bertz CT molecular complexity index is 1480. The van der Waals surface area contributed by atoms with E-state index in [4.69, 9.17) is 18.9 Å². The molecule has 0 radical (unpaired) electrons. The van der Waals surface area contributed by atoms with Crippen molar-refractivity contribution in [2.75, 3.05) is 31.8 Å². The molecule has 38 heavy (non-hydrogen) atoms. The first-order valence-corrected chi connectivity index (χ1v) is 12.6. The number of esters is 1. The van der Waals surface area contributed by atoms with E-state index >= 15 is 0 Å². The third-order valence-corrected chi connectivity index (χ3v) is 7.24. The quantitative estimate of drug-likeness (QED) is 0.215. The fraction of sp³-hybridized carbons (Fsp3) is 0.259. The summed E-state index contributed by atoms with van der Waals surface area (Å²) in [4.78, 5) is 44.9. The van der Waals surface area contributed by atoms with Crippen molar-refractivity contribution in [3.63, 3.8) is 0 Å². The molecule has 1 unspecified atom stereocenters. The van der Waals surface area contributed by atoms with Gasteiger partial charge in [0.25, 0.3) is 5.78 Å². The van der Waals surface area contributed by atoms with E-state index in [1.165, 1.54) is 12.0 Å². The number of aliphatic hydroxyl groups is 1. The number of hydrogen-bond donors (Lipinski definition) is 1. The van der Waals surface area contributed by atoms with Crippen LogP contribution in [0, 0.1) is 6.92 Å². The van der Waals surface area contributed by atoms with Gasteiger partial charge in [-0.1, -0.05) is 23.5 Å². The Balaban J connectivity index is 1.69. The Labute approximate surface area is 222 Å². The SMILES string of the molecule is CCOc1cccc(C2C(=C(O)c3ccc4c(c3)OCCO4)C(=O)C(=O)N2c2nc(C)c(C(=O)OC)s2)c1. The second-order valence-corrected chi connectivity index (χ2v) is 9.41. The number of anilines is 1. The number of carbonyl (C=O) groups is 3. The Morgan fingerprint density at radius 3 is 2.66 bits per heavy atom. The lowest BCUT2D eigenvalue weighted by Gasteiger charge is -2.23. The number of rotatable bonds is 6. The summed E-state index contributed by atoms with van der Waals surface area (Å²) in [6, 6.07) is 10.7. The number of methoxy groups -OCH3 is 1. The van der Waals surface area contributed by atoms with E-state index in [1.54, 1.807) is 49.4 Å². The summed E-state index contributed by atoms with van der Waals surface area (Å²) in [5.74, 6) is -1.30. The molecular formula is C27H24N2O8S. The second kappa shape index (κ2) is 10.2. The van der Waals surface area contributed by atoms with Crippen LogP contribution in [0.25, 0.3) is 5.76 Å². The summed E-state index contributed by atoms with van der Waals surface area (Å²) >= 11 is 0.931. The number of carbonyl (C=O) groups excluding carboxylic acids is 3. The third-order valence-electron chi connectivity index (χ3n) is 6.11. The molecular weight excluding hydrogens is 512 g/mol. The van der Waals surface area contributed by atoms with E-state index < -0.39 is 23.7 Å². The first-order valence-electron chi connectivity index (χ1n) is 11.8. The summed E-state index contributed by atoms with van der Waals surface area (Å²) in [5.41, 5.74) is 1.02. The summed E-state index contributed by atoms with van der Waals surface area (Å²) in [6.07, 6.45) is 0. The van der Waals surface area contributed by atoms with Crippen molar-refractivity contribution < 1.29 is 38.4 Å². The predicted octanol–water partition coefficient (Wildman–Crippen LogP) is 4.03. The summed E-state index contributed by atoms with van der Waals surface area (Å²) < 4.78 is 21.7. The fourth-order valence-electron chi connectivity index (χ4n) is 4.40. The minimum absolute atomic E-state index is 0.123. The Morgan fingerprint density at radius 1 is 1.16 bits per heavy atom. The van der Waals surface area contributed by atoms with Crippen LogP contribution in [0.5, 0.6) is 17.2 Å². The van der Waals surface area contributed by atoms with E-state index in [2.05, 4.69) is 4.98 Å². The van der Waals surface area contributed by atoms with Gasteiger partial charge in [-0.25, -0.2) is 9.78 Å². The lowest BCUT2D eigenvalue weighted by atomic mass is 9.95. The van der Waals surface area contributed by atoms with Crippen LogP contribution < -0.4 is 19.1 Å². The first kappa shape index (κ1) is 25.3. The van der Waals surface area contributed by atoms with E-state index in [9.17, 15) is 19.5 Å². The van der Waals surface area contributed by atoms with Crippen molar-refractivity contribution in [3.8, 4) is 17.2 Å². The topological polar surface area (TPSA) is 124 Å². The Morgan fingerprint density at radius 2 is 1.92 bits per heavy atom. The van der Waals surface area contributed by atoms with Crippen molar-refractivity contribution in [1.29, 1.82) is 0 Å². The number of nitrogens with zero attached hydrogens (tertiary/aromatic N) is 2. The zero-order valence-electron chi connectivity index (χ0n) is 20.8. The molecule has 1 atom stereocenters. The monoisotopic (exact) mass is 536 g/mol. The lowest BCUT2D eigenvalue weighted by molar-refractivity contribution is -0.132. The van der Waals surface area contributed by atoms with Crippen LogP contribution in [0.3, 0.4) is 0 Å². The molecule has 1 aromatic heterocycles. The zero-order valence-corrected chi connectivity index (χ0v) is 21.7. The van der Waals surface area contributed by atoms with E-state index in [-0.39, 0.29) is 26.9 Å². The number of benzene rings is 2. The number of fused-ring (bicyclic) bond motifs is 1. The van der Waals surface area contributed by atoms with Crippen molar-refractivity contribution in [2.45, 2.75) is 19.9 Å². The van der Waals surface area contributed by atoms with Crippen molar-refractivity contribution in [2.24, 2.45) is 0 Å². The molecule has 1 amide bonds. The van der Waals surface area contributed by atoms with Crippen molar-refractivity contribution in [3.05, 3.63) is 69.7 Å². The van der Waals surface area contributed by atoms with Gasteiger partial charge < -0.3 is 24.1 Å². The Kier molecular flexibility index (Phi) is 6.77. The van der Waals surface area contributed by atoms with Gasteiger partial charge in [0, 0.05) is 5.56 Å². The molecule has 10 nitrogen and oxygen atoms in total. The lowest BCUT2D eigenvalue weighted by Crippen LogP contribution is -2.29. The number of hydrogen-bond acceptors (Lipinski definition) is 10. The second-order valence-electron chi connectivity index (χ2n) is 8.44. The number of ketones is 1. The van der Waals surface area contributed by atoms with Gasteiger partial charge in [-0.05, 0) is 49.7 Å². The molecule has 1 fully saturated rings. The largest absolute Gasteiger partial charge is 0.507 e. The van der Waals surface area contributed by atoms with Crippen LogP contribution in [-0.2, 0) is 14.3 Å². The number of ether oxygens (including phenoxy) is 4. The van der Waals surface area contributed by atoms with Crippen molar-refractivity contribution in [1.82, 2.24) is 4.98 Å². The molecule has 11 heteroatoms. The van der Waals surface area contributed by atoms with Gasteiger partial charge in [0.1, 0.15) is 29.6 Å². The highest BCUT2D eigenvalue weighted by Crippen LogP contribution is 2.45. The molecule has 0 spiro atoms. The molecule has 5 rings (SSSR count). The minimum atomic E-state index is -1.04. The van der Waals surface area contributed by atoms with Crippen molar-refractivity contribution >= 4 is 39.9 Å². The number of aliphatic hydroxyl groups excluding tert-OH is 1. The number of amides is 1. The van der Waals surface area contributed by atoms with E-state index in [0.717, 1.165) is 11.3 Å². The highest BCUT2D eigenvalue weighted by molar-refractivity contribution is 7.17. The van der Waals surface area contributed by atoms with Crippen LogP contribution in [0.4, 0.5) is 5.13 Å². The molecule has 196 valence electrons. The highest BCUT2D eigenvalue weighted by atomic mass is 32.1. The maximum atomic E-state index is 13.5. The molecule has 0 saturated carbocycles. The Hall–Kier alpha value is -4.38.